The van der Waals surface area contributed by atoms with Gasteiger partial charge in [-0.3, -0.25) is 4.79 Å². The van der Waals surface area contributed by atoms with E-state index in [-0.39, 0.29) is 0 Å². The van der Waals surface area contributed by atoms with Gasteiger partial charge in [-0.25, -0.2) is 0 Å². The molecule has 1 fully saturated rings. The van der Waals surface area contributed by atoms with E-state index < -0.39 is 5.97 Å². The maximum Gasteiger partial charge on any atom is 0.303 e. The van der Waals surface area contributed by atoms with Crippen molar-refractivity contribution in [2.75, 3.05) is 34.2 Å². The van der Waals surface area contributed by atoms with Gasteiger partial charge >= 0.3 is 5.97 Å². The SMILES string of the molecule is CN1CCC(CCC(=O)O)C(N(C)C)C1. The zero-order valence-electron chi connectivity index (χ0n) is 9.94. The Balaban J connectivity index is 2.48. The lowest BCUT2D eigenvalue weighted by Gasteiger charge is -2.40. The molecule has 0 amide bonds. The Morgan fingerprint density at radius 3 is 2.73 bits per heavy atom. The first kappa shape index (κ1) is 12.5. The Kier molecular flexibility index (Phi) is 4.54. The lowest BCUT2D eigenvalue weighted by Crippen LogP contribution is -2.49. The summed E-state index contributed by atoms with van der Waals surface area (Å²) in [6, 6.07) is 0.503. The van der Waals surface area contributed by atoms with Crippen LogP contribution in [0.1, 0.15) is 19.3 Å². The van der Waals surface area contributed by atoms with Crippen LogP contribution in [-0.2, 0) is 4.79 Å². The third-order valence-electron chi connectivity index (χ3n) is 3.32. The van der Waals surface area contributed by atoms with E-state index in [9.17, 15) is 4.79 Å². The van der Waals surface area contributed by atoms with Gasteiger partial charge in [0.15, 0.2) is 0 Å². The van der Waals surface area contributed by atoms with Crippen LogP contribution in [0.2, 0.25) is 0 Å². The molecule has 1 saturated heterocycles. The van der Waals surface area contributed by atoms with Gasteiger partial charge in [-0.2, -0.15) is 0 Å². The molecular weight excluding hydrogens is 192 g/mol. The van der Waals surface area contributed by atoms with E-state index in [1.807, 2.05) is 0 Å². The molecule has 4 heteroatoms. The maximum atomic E-state index is 10.6. The molecule has 1 rings (SSSR count). The smallest absolute Gasteiger partial charge is 0.303 e. The summed E-state index contributed by atoms with van der Waals surface area (Å²) in [4.78, 5) is 15.1. The summed E-state index contributed by atoms with van der Waals surface area (Å²) in [5.41, 5.74) is 0. The highest BCUT2D eigenvalue weighted by atomic mass is 16.4. The first-order valence-electron chi connectivity index (χ1n) is 5.57. The predicted octanol–water partition coefficient (Wildman–Crippen LogP) is 0.733. The number of aliphatic carboxylic acids is 1. The number of nitrogens with zero attached hydrogens (tertiary/aromatic N) is 2. The normalized spacial score (nSPS) is 28.3. The van der Waals surface area contributed by atoms with Crippen molar-refractivity contribution in [3.63, 3.8) is 0 Å². The van der Waals surface area contributed by atoms with Gasteiger partial charge in [0.05, 0.1) is 0 Å². The fraction of sp³-hybridized carbons (Fsp3) is 0.909. The van der Waals surface area contributed by atoms with E-state index in [0.717, 1.165) is 25.9 Å². The van der Waals surface area contributed by atoms with E-state index in [0.29, 0.717) is 18.4 Å². The van der Waals surface area contributed by atoms with Gasteiger partial charge in [0, 0.05) is 19.0 Å². The van der Waals surface area contributed by atoms with Crippen LogP contribution in [0.3, 0.4) is 0 Å². The van der Waals surface area contributed by atoms with Crippen LogP contribution in [0, 0.1) is 5.92 Å². The summed E-state index contributed by atoms with van der Waals surface area (Å²) in [5, 5.41) is 8.70. The minimum Gasteiger partial charge on any atom is -0.481 e. The largest absolute Gasteiger partial charge is 0.481 e. The Labute approximate surface area is 91.9 Å². The second kappa shape index (κ2) is 5.47. The standard InChI is InChI=1S/C11H22N2O2/c1-12(2)10-8-13(3)7-6-9(10)4-5-11(14)15/h9-10H,4-8H2,1-3H3,(H,14,15). The number of hydrogen-bond donors (Lipinski definition) is 1. The van der Waals surface area contributed by atoms with Gasteiger partial charge in [0.2, 0.25) is 0 Å². The Hall–Kier alpha value is -0.610. The van der Waals surface area contributed by atoms with Crippen molar-refractivity contribution >= 4 is 5.97 Å². The van der Waals surface area contributed by atoms with Crippen molar-refractivity contribution in [1.82, 2.24) is 9.80 Å². The molecule has 0 bridgehead atoms. The lowest BCUT2D eigenvalue weighted by atomic mass is 9.87. The average molecular weight is 214 g/mol. The summed E-state index contributed by atoms with van der Waals surface area (Å²) in [6.07, 6.45) is 2.23. The fourth-order valence-corrected chi connectivity index (χ4v) is 2.37. The Morgan fingerprint density at radius 1 is 1.53 bits per heavy atom. The van der Waals surface area contributed by atoms with Crippen molar-refractivity contribution < 1.29 is 9.90 Å². The molecule has 0 spiro atoms. The highest BCUT2D eigenvalue weighted by molar-refractivity contribution is 5.66. The fourth-order valence-electron chi connectivity index (χ4n) is 2.37. The van der Waals surface area contributed by atoms with Crippen molar-refractivity contribution in [3.05, 3.63) is 0 Å². The number of carboxylic acid groups (broad SMARTS) is 1. The summed E-state index contributed by atoms with van der Waals surface area (Å²) >= 11 is 0. The summed E-state index contributed by atoms with van der Waals surface area (Å²) in [6.45, 7) is 2.14. The topological polar surface area (TPSA) is 43.8 Å². The van der Waals surface area contributed by atoms with Crippen LogP contribution in [0.25, 0.3) is 0 Å². The van der Waals surface area contributed by atoms with Crippen molar-refractivity contribution in [3.8, 4) is 0 Å². The molecule has 0 radical (unpaired) electrons. The monoisotopic (exact) mass is 214 g/mol. The highest BCUT2D eigenvalue weighted by Crippen LogP contribution is 2.24. The molecule has 1 heterocycles. The number of piperidine rings is 1. The van der Waals surface area contributed by atoms with Crippen LogP contribution in [0.15, 0.2) is 0 Å². The summed E-state index contributed by atoms with van der Waals surface area (Å²) in [5.74, 6) is -0.140. The van der Waals surface area contributed by atoms with E-state index in [2.05, 4.69) is 30.9 Å². The van der Waals surface area contributed by atoms with Crippen molar-refractivity contribution in [1.29, 1.82) is 0 Å². The molecule has 1 aliphatic heterocycles. The third kappa shape index (κ3) is 3.80. The number of carboxylic acids is 1. The molecule has 2 atom stereocenters. The van der Waals surface area contributed by atoms with E-state index >= 15 is 0 Å². The second-order valence-electron chi connectivity index (χ2n) is 4.77. The minimum absolute atomic E-state index is 0.304. The van der Waals surface area contributed by atoms with Gasteiger partial charge in [-0.1, -0.05) is 0 Å². The first-order valence-corrected chi connectivity index (χ1v) is 5.57. The maximum absolute atomic E-state index is 10.6. The van der Waals surface area contributed by atoms with Gasteiger partial charge in [-0.05, 0) is 46.4 Å². The molecule has 0 saturated carbocycles. The molecule has 0 aromatic rings. The summed E-state index contributed by atoms with van der Waals surface area (Å²) < 4.78 is 0. The quantitative estimate of drug-likeness (QED) is 0.749. The molecule has 0 aliphatic carbocycles. The molecule has 2 unspecified atom stereocenters. The van der Waals surface area contributed by atoms with Crippen molar-refractivity contribution in [2.45, 2.75) is 25.3 Å². The molecular formula is C11H22N2O2. The Bertz CT molecular complexity index is 219. The van der Waals surface area contributed by atoms with Crippen LogP contribution < -0.4 is 0 Å². The van der Waals surface area contributed by atoms with Crippen LogP contribution in [-0.4, -0.2) is 61.2 Å². The number of carbonyl (C=O) groups is 1. The van der Waals surface area contributed by atoms with E-state index in [1.165, 1.54) is 0 Å². The molecule has 15 heavy (non-hydrogen) atoms. The van der Waals surface area contributed by atoms with E-state index in [1.54, 1.807) is 0 Å². The number of likely N-dealkylation sites (N-methyl/N-ethyl adjacent to an activating group) is 2. The predicted molar refractivity (Wildman–Crippen MR) is 59.9 cm³/mol. The molecule has 0 aromatic carbocycles. The summed E-state index contributed by atoms with van der Waals surface area (Å²) in [7, 11) is 6.29. The zero-order valence-corrected chi connectivity index (χ0v) is 9.94. The Morgan fingerprint density at radius 2 is 2.20 bits per heavy atom. The molecule has 1 N–H and O–H groups in total. The molecule has 88 valence electrons. The number of rotatable bonds is 4. The number of likely N-dealkylation sites (tertiary alicyclic amines) is 1. The zero-order chi connectivity index (χ0) is 11.4. The van der Waals surface area contributed by atoms with Gasteiger partial charge in [0.25, 0.3) is 0 Å². The van der Waals surface area contributed by atoms with Crippen LogP contribution in [0.5, 0.6) is 0 Å². The highest BCUT2D eigenvalue weighted by Gasteiger charge is 2.29. The average Bonchev–Trinajstić information content (AvgIpc) is 2.15. The van der Waals surface area contributed by atoms with Gasteiger partial charge < -0.3 is 14.9 Å². The van der Waals surface area contributed by atoms with Gasteiger partial charge in [0.1, 0.15) is 0 Å². The molecule has 1 aliphatic rings. The lowest BCUT2D eigenvalue weighted by molar-refractivity contribution is -0.137. The minimum atomic E-state index is -0.675. The van der Waals surface area contributed by atoms with Gasteiger partial charge in [-0.15, -0.1) is 0 Å². The molecule has 0 aromatic heterocycles. The van der Waals surface area contributed by atoms with Crippen LogP contribution >= 0.6 is 0 Å². The molecule has 4 nitrogen and oxygen atoms in total. The first-order chi connectivity index (χ1) is 7.00. The number of hydrogen-bond acceptors (Lipinski definition) is 3. The van der Waals surface area contributed by atoms with E-state index in [4.69, 9.17) is 5.11 Å². The van der Waals surface area contributed by atoms with Crippen molar-refractivity contribution in [2.24, 2.45) is 5.92 Å². The van der Waals surface area contributed by atoms with Crippen LogP contribution in [0.4, 0.5) is 0 Å². The second-order valence-corrected chi connectivity index (χ2v) is 4.77. The third-order valence-corrected chi connectivity index (χ3v) is 3.32.